The number of benzene rings is 1. The van der Waals surface area contributed by atoms with E-state index in [1.807, 2.05) is 13.8 Å². The molecule has 1 aromatic carbocycles. The number of anilines is 1. The van der Waals surface area contributed by atoms with Crippen LogP contribution in [0, 0.1) is 5.41 Å². The van der Waals surface area contributed by atoms with E-state index in [0.717, 1.165) is 0 Å². The Morgan fingerprint density at radius 2 is 1.74 bits per heavy atom. The van der Waals surface area contributed by atoms with Crippen molar-refractivity contribution < 1.29 is 19.5 Å². The lowest BCUT2D eigenvalue weighted by molar-refractivity contribution is -0.139. The van der Waals surface area contributed by atoms with Crippen molar-refractivity contribution in [1.82, 2.24) is 5.32 Å². The van der Waals surface area contributed by atoms with Crippen molar-refractivity contribution in [2.45, 2.75) is 46.6 Å². The molecule has 0 heterocycles. The molecule has 0 bridgehead atoms. The van der Waals surface area contributed by atoms with E-state index in [2.05, 4.69) is 10.6 Å². The lowest BCUT2D eigenvalue weighted by Crippen LogP contribution is -2.31. The number of carbonyl (C=O) groups is 3. The Labute approximate surface area is 136 Å². The lowest BCUT2D eigenvalue weighted by atomic mass is 9.85. The van der Waals surface area contributed by atoms with E-state index in [-0.39, 0.29) is 30.7 Å². The summed E-state index contributed by atoms with van der Waals surface area (Å²) in [5.41, 5.74) is 0.137. The van der Waals surface area contributed by atoms with Crippen molar-refractivity contribution in [2.24, 2.45) is 5.41 Å². The maximum absolute atomic E-state index is 12.2. The van der Waals surface area contributed by atoms with Crippen molar-refractivity contribution in [3.63, 3.8) is 0 Å². The third kappa shape index (κ3) is 6.50. The quantitative estimate of drug-likeness (QED) is 0.719. The Morgan fingerprint density at radius 1 is 1.13 bits per heavy atom. The summed E-state index contributed by atoms with van der Waals surface area (Å²) >= 11 is 0. The number of hydrogen-bond acceptors (Lipinski definition) is 3. The van der Waals surface area contributed by atoms with Crippen LogP contribution in [0.2, 0.25) is 0 Å². The van der Waals surface area contributed by atoms with E-state index < -0.39 is 11.4 Å². The first-order chi connectivity index (χ1) is 10.6. The predicted molar refractivity (Wildman–Crippen MR) is 88.3 cm³/mol. The summed E-state index contributed by atoms with van der Waals surface area (Å²) in [7, 11) is 0. The molecule has 0 fully saturated rings. The Kier molecular flexibility index (Phi) is 6.30. The average molecular weight is 320 g/mol. The Balaban J connectivity index is 2.83. The minimum atomic E-state index is -0.945. The highest BCUT2D eigenvalue weighted by Crippen LogP contribution is 2.26. The Hall–Kier alpha value is -2.37. The van der Waals surface area contributed by atoms with Gasteiger partial charge < -0.3 is 15.7 Å². The van der Waals surface area contributed by atoms with E-state index in [1.165, 1.54) is 0 Å². The van der Waals surface area contributed by atoms with Gasteiger partial charge >= 0.3 is 5.97 Å². The standard InChI is InChI=1S/C17H24N2O4/c1-11(2)18-16(23)12-7-5-6-8-13(12)19-14(20)9-17(3,4)10-15(21)22/h5-8,11H,9-10H2,1-4H3,(H,18,23)(H,19,20)(H,21,22). The number of aliphatic carboxylic acids is 1. The van der Waals surface area contributed by atoms with E-state index >= 15 is 0 Å². The zero-order valence-electron chi connectivity index (χ0n) is 14.0. The van der Waals surface area contributed by atoms with Crippen molar-refractivity contribution in [1.29, 1.82) is 0 Å². The van der Waals surface area contributed by atoms with Gasteiger partial charge in [-0.1, -0.05) is 26.0 Å². The second-order valence-electron chi connectivity index (χ2n) is 6.63. The summed E-state index contributed by atoms with van der Waals surface area (Å²) in [5.74, 6) is -1.53. The van der Waals surface area contributed by atoms with Crippen molar-refractivity contribution in [3.8, 4) is 0 Å². The summed E-state index contributed by atoms with van der Waals surface area (Å²) in [6, 6.07) is 6.72. The Morgan fingerprint density at radius 3 is 2.30 bits per heavy atom. The number of amides is 2. The fraction of sp³-hybridized carbons (Fsp3) is 0.471. The average Bonchev–Trinajstić information content (AvgIpc) is 2.35. The van der Waals surface area contributed by atoms with Crippen LogP contribution in [0.5, 0.6) is 0 Å². The second kappa shape index (κ2) is 7.76. The van der Waals surface area contributed by atoms with Crippen molar-refractivity contribution >= 4 is 23.5 Å². The molecule has 1 aromatic rings. The molecule has 0 aliphatic carbocycles. The smallest absolute Gasteiger partial charge is 0.303 e. The third-order valence-electron chi connectivity index (χ3n) is 3.13. The van der Waals surface area contributed by atoms with Gasteiger partial charge in [-0.15, -0.1) is 0 Å². The number of carboxylic acid groups (broad SMARTS) is 1. The van der Waals surface area contributed by atoms with Crippen LogP contribution < -0.4 is 10.6 Å². The van der Waals surface area contributed by atoms with Gasteiger partial charge in [0, 0.05) is 12.5 Å². The molecule has 0 unspecified atom stereocenters. The van der Waals surface area contributed by atoms with Crippen molar-refractivity contribution in [3.05, 3.63) is 29.8 Å². The zero-order valence-corrected chi connectivity index (χ0v) is 14.0. The van der Waals surface area contributed by atoms with Gasteiger partial charge in [-0.25, -0.2) is 0 Å². The normalized spacial score (nSPS) is 11.2. The molecule has 0 atom stereocenters. The zero-order chi connectivity index (χ0) is 17.6. The molecule has 0 aromatic heterocycles. The highest BCUT2D eigenvalue weighted by molar-refractivity contribution is 6.03. The predicted octanol–water partition coefficient (Wildman–Crippen LogP) is 2.65. The van der Waals surface area contributed by atoms with Crippen LogP contribution in [-0.4, -0.2) is 28.9 Å². The topological polar surface area (TPSA) is 95.5 Å². The number of para-hydroxylation sites is 1. The van der Waals surface area contributed by atoms with Gasteiger partial charge in [-0.3, -0.25) is 14.4 Å². The fourth-order valence-corrected chi connectivity index (χ4v) is 2.23. The number of nitrogens with one attached hydrogen (secondary N) is 2. The third-order valence-corrected chi connectivity index (χ3v) is 3.13. The minimum absolute atomic E-state index is 0.0132. The second-order valence-corrected chi connectivity index (χ2v) is 6.63. The molecule has 2 amide bonds. The summed E-state index contributed by atoms with van der Waals surface area (Å²) < 4.78 is 0. The van der Waals surface area contributed by atoms with E-state index in [9.17, 15) is 14.4 Å². The van der Waals surface area contributed by atoms with Gasteiger partial charge in [0.05, 0.1) is 17.7 Å². The first-order valence-electron chi connectivity index (χ1n) is 7.52. The monoisotopic (exact) mass is 320 g/mol. The van der Waals surface area contributed by atoms with Crippen molar-refractivity contribution in [2.75, 3.05) is 5.32 Å². The van der Waals surface area contributed by atoms with E-state index in [1.54, 1.807) is 38.1 Å². The number of carboxylic acids is 1. The van der Waals surface area contributed by atoms with Crippen LogP contribution in [0.4, 0.5) is 5.69 Å². The van der Waals surface area contributed by atoms with E-state index in [4.69, 9.17) is 5.11 Å². The van der Waals surface area contributed by atoms with E-state index in [0.29, 0.717) is 11.3 Å². The first kappa shape index (κ1) is 18.7. The highest BCUT2D eigenvalue weighted by Gasteiger charge is 2.25. The molecule has 1 rings (SSSR count). The molecule has 3 N–H and O–H groups in total. The minimum Gasteiger partial charge on any atom is -0.481 e. The van der Waals surface area contributed by atoms with Crippen LogP contribution in [-0.2, 0) is 9.59 Å². The highest BCUT2D eigenvalue weighted by atomic mass is 16.4. The molecule has 0 aliphatic rings. The molecule has 0 radical (unpaired) electrons. The molecule has 6 nitrogen and oxygen atoms in total. The lowest BCUT2D eigenvalue weighted by Gasteiger charge is -2.22. The van der Waals surface area contributed by atoms with Crippen LogP contribution in [0.15, 0.2) is 24.3 Å². The van der Waals surface area contributed by atoms with Gasteiger partial charge in [0.15, 0.2) is 0 Å². The number of carbonyl (C=O) groups excluding carboxylic acids is 2. The number of rotatable bonds is 7. The molecule has 0 spiro atoms. The molecule has 23 heavy (non-hydrogen) atoms. The number of hydrogen-bond donors (Lipinski definition) is 3. The summed E-state index contributed by atoms with van der Waals surface area (Å²) in [6.45, 7) is 7.15. The maximum Gasteiger partial charge on any atom is 0.303 e. The van der Waals surface area contributed by atoms with Gasteiger partial charge in [-0.2, -0.15) is 0 Å². The van der Waals surface area contributed by atoms with Crippen LogP contribution in [0.3, 0.4) is 0 Å². The first-order valence-corrected chi connectivity index (χ1v) is 7.52. The molecule has 0 aliphatic heterocycles. The van der Waals surface area contributed by atoms with Gasteiger partial charge in [0.1, 0.15) is 0 Å². The summed E-state index contributed by atoms with van der Waals surface area (Å²) in [6.07, 6.45) is -0.0463. The van der Waals surface area contributed by atoms with Crippen LogP contribution in [0.1, 0.15) is 50.9 Å². The van der Waals surface area contributed by atoms with Gasteiger partial charge in [0.2, 0.25) is 5.91 Å². The van der Waals surface area contributed by atoms with Gasteiger partial charge in [0.25, 0.3) is 5.91 Å². The molecule has 6 heteroatoms. The summed E-state index contributed by atoms with van der Waals surface area (Å²) in [4.78, 5) is 35.1. The SMILES string of the molecule is CC(C)NC(=O)c1ccccc1NC(=O)CC(C)(C)CC(=O)O. The molecular formula is C17H24N2O4. The molecule has 0 saturated carbocycles. The molecule has 0 saturated heterocycles. The van der Waals surface area contributed by atoms with Gasteiger partial charge in [-0.05, 0) is 31.4 Å². The summed E-state index contributed by atoms with van der Waals surface area (Å²) in [5, 5.41) is 14.3. The van der Waals surface area contributed by atoms with Crippen LogP contribution >= 0.6 is 0 Å². The largest absolute Gasteiger partial charge is 0.481 e. The Bertz CT molecular complexity index is 594. The molecule has 126 valence electrons. The van der Waals surface area contributed by atoms with Crippen LogP contribution in [0.25, 0.3) is 0 Å². The molecular weight excluding hydrogens is 296 g/mol. The fourth-order valence-electron chi connectivity index (χ4n) is 2.23. The maximum atomic E-state index is 12.2.